The summed E-state index contributed by atoms with van der Waals surface area (Å²) in [6.45, 7) is 0.0597. The molecule has 0 atom stereocenters. The van der Waals surface area contributed by atoms with Crippen LogP contribution in [0.25, 0.3) is 10.2 Å². The van der Waals surface area contributed by atoms with Crippen molar-refractivity contribution in [2.45, 2.75) is 6.61 Å². The zero-order valence-corrected chi connectivity index (χ0v) is 11.7. The fourth-order valence-electron chi connectivity index (χ4n) is 1.85. The second kappa shape index (κ2) is 5.49. The monoisotopic (exact) mass is 302 g/mol. The number of nitrogen functional groups attached to an aromatic ring is 1. The zero-order chi connectivity index (χ0) is 14.8. The summed E-state index contributed by atoms with van der Waals surface area (Å²) >= 11 is 1.46. The van der Waals surface area contributed by atoms with Gasteiger partial charge >= 0.3 is 5.97 Å². The summed E-state index contributed by atoms with van der Waals surface area (Å²) < 4.78 is 19.5. The first-order valence-electron chi connectivity index (χ1n) is 6.20. The van der Waals surface area contributed by atoms with Crippen molar-refractivity contribution < 1.29 is 13.9 Å². The standard InChI is InChI=1S/C15H11FN2O2S/c16-10-7-9(5-6-11(10)17)15(19)20-8-14-18-12-3-1-2-4-13(12)21-14/h1-7H,8,17H2. The molecule has 0 fully saturated rings. The van der Waals surface area contributed by atoms with Gasteiger partial charge in [0, 0.05) is 0 Å². The van der Waals surface area contributed by atoms with Crippen LogP contribution < -0.4 is 5.73 Å². The third-order valence-electron chi connectivity index (χ3n) is 2.90. The van der Waals surface area contributed by atoms with Gasteiger partial charge in [0.05, 0.1) is 21.5 Å². The van der Waals surface area contributed by atoms with Gasteiger partial charge in [-0.1, -0.05) is 12.1 Å². The molecule has 0 bridgehead atoms. The van der Waals surface area contributed by atoms with Crippen LogP contribution in [0.3, 0.4) is 0 Å². The molecule has 3 rings (SSSR count). The lowest BCUT2D eigenvalue weighted by atomic mass is 10.2. The number of fused-ring (bicyclic) bond motifs is 1. The minimum Gasteiger partial charge on any atom is -0.455 e. The molecular weight excluding hydrogens is 291 g/mol. The van der Waals surface area contributed by atoms with Crippen molar-refractivity contribution in [2.75, 3.05) is 5.73 Å². The zero-order valence-electron chi connectivity index (χ0n) is 10.9. The second-order valence-electron chi connectivity index (χ2n) is 4.39. The largest absolute Gasteiger partial charge is 0.455 e. The predicted molar refractivity (Wildman–Crippen MR) is 79.6 cm³/mol. The molecule has 0 radical (unpaired) electrons. The Balaban J connectivity index is 1.71. The number of esters is 1. The molecule has 21 heavy (non-hydrogen) atoms. The van der Waals surface area contributed by atoms with E-state index in [0.29, 0.717) is 5.01 Å². The number of nitrogens with two attached hydrogens (primary N) is 1. The molecular formula is C15H11FN2O2S. The molecule has 0 aliphatic carbocycles. The molecule has 0 amide bonds. The number of halogens is 1. The van der Waals surface area contributed by atoms with Crippen molar-refractivity contribution in [3.8, 4) is 0 Å². The Labute approximate surface area is 124 Å². The van der Waals surface area contributed by atoms with Gasteiger partial charge in [-0.05, 0) is 30.3 Å². The SMILES string of the molecule is Nc1ccc(C(=O)OCc2nc3ccccc3s2)cc1F. The fraction of sp³-hybridized carbons (Fsp3) is 0.0667. The number of aromatic nitrogens is 1. The molecule has 2 N–H and O–H groups in total. The maximum absolute atomic E-state index is 13.3. The van der Waals surface area contributed by atoms with Crippen LogP contribution in [0.4, 0.5) is 10.1 Å². The number of ether oxygens (including phenoxy) is 1. The molecule has 0 spiro atoms. The van der Waals surface area contributed by atoms with Crippen molar-refractivity contribution >= 4 is 33.2 Å². The summed E-state index contributed by atoms with van der Waals surface area (Å²) in [4.78, 5) is 16.2. The van der Waals surface area contributed by atoms with Crippen molar-refractivity contribution in [1.82, 2.24) is 4.98 Å². The summed E-state index contributed by atoms with van der Waals surface area (Å²) in [6, 6.07) is 11.5. The summed E-state index contributed by atoms with van der Waals surface area (Å²) in [5, 5.41) is 0.695. The van der Waals surface area contributed by atoms with Crippen LogP contribution in [0.5, 0.6) is 0 Å². The number of rotatable bonds is 3. The van der Waals surface area contributed by atoms with Crippen molar-refractivity contribution in [1.29, 1.82) is 0 Å². The molecule has 1 heterocycles. The molecule has 1 aromatic heterocycles. The highest BCUT2D eigenvalue weighted by Gasteiger charge is 2.11. The average molecular weight is 302 g/mol. The molecule has 0 aliphatic heterocycles. The highest BCUT2D eigenvalue weighted by Crippen LogP contribution is 2.22. The van der Waals surface area contributed by atoms with E-state index in [2.05, 4.69) is 4.98 Å². The van der Waals surface area contributed by atoms with Crippen LogP contribution in [-0.4, -0.2) is 11.0 Å². The quantitative estimate of drug-likeness (QED) is 0.595. The first kappa shape index (κ1) is 13.5. The van der Waals surface area contributed by atoms with Crippen LogP contribution in [0.1, 0.15) is 15.4 Å². The normalized spacial score (nSPS) is 10.7. The number of para-hydroxylation sites is 1. The molecule has 3 aromatic rings. The minimum absolute atomic E-state index is 0.00211. The molecule has 4 nitrogen and oxygen atoms in total. The Bertz CT molecular complexity index is 783. The Morgan fingerprint density at radius 2 is 2.10 bits per heavy atom. The van der Waals surface area contributed by atoms with Gasteiger partial charge in [0.15, 0.2) is 0 Å². The summed E-state index contributed by atoms with van der Waals surface area (Å²) in [5.74, 6) is -1.24. The fourth-order valence-corrected chi connectivity index (χ4v) is 2.73. The lowest BCUT2D eigenvalue weighted by Gasteiger charge is -2.03. The number of carbonyl (C=O) groups is 1. The number of hydrogen-bond donors (Lipinski definition) is 1. The average Bonchev–Trinajstić information content (AvgIpc) is 2.90. The van der Waals surface area contributed by atoms with Crippen molar-refractivity contribution in [3.05, 3.63) is 58.9 Å². The van der Waals surface area contributed by atoms with E-state index in [9.17, 15) is 9.18 Å². The summed E-state index contributed by atoms with van der Waals surface area (Å²) in [7, 11) is 0. The molecule has 0 saturated heterocycles. The van der Waals surface area contributed by atoms with Crippen molar-refractivity contribution in [2.24, 2.45) is 0 Å². The van der Waals surface area contributed by atoms with Gasteiger partial charge in [0.2, 0.25) is 0 Å². The highest BCUT2D eigenvalue weighted by molar-refractivity contribution is 7.18. The number of thiazole rings is 1. The van der Waals surface area contributed by atoms with Gasteiger partial charge in [0.25, 0.3) is 0 Å². The van der Waals surface area contributed by atoms with Gasteiger partial charge in [-0.3, -0.25) is 0 Å². The summed E-state index contributed by atoms with van der Waals surface area (Å²) in [6.07, 6.45) is 0. The van der Waals surface area contributed by atoms with E-state index in [1.807, 2.05) is 24.3 Å². The van der Waals surface area contributed by atoms with Crippen LogP contribution in [0, 0.1) is 5.82 Å². The third-order valence-corrected chi connectivity index (χ3v) is 3.91. The van der Waals surface area contributed by atoms with Gasteiger partial charge in [-0.15, -0.1) is 11.3 Å². The van der Waals surface area contributed by atoms with E-state index in [4.69, 9.17) is 10.5 Å². The number of benzene rings is 2. The van der Waals surface area contributed by atoms with E-state index in [1.165, 1.54) is 23.5 Å². The Morgan fingerprint density at radius 1 is 1.29 bits per heavy atom. The number of carbonyl (C=O) groups excluding carboxylic acids is 1. The molecule has 106 valence electrons. The molecule has 0 aliphatic rings. The number of nitrogens with zero attached hydrogens (tertiary/aromatic N) is 1. The second-order valence-corrected chi connectivity index (χ2v) is 5.50. The van der Waals surface area contributed by atoms with Crippen LogP contribution in [0.15, 0.2) is 42.5 Å². The van der Waals surface area contributed by atoms with Gasteiger partial charge in [0.1, 0.15) is 17.4 Å². The lowest BCUT2D eigenvalue weighted by molar-refractivity contribution is 0.0472. The first-order chi connectivity index (χ1) is 10.1. The van der Waals surface area contributed by atoms with Gasteiger partial charge in [-0.2, -0.15) is 0 Å². The smallest absolute Gasteiger partial charge is 0.338 e. The van der Waals surface area contributed by atoms with Crippen LogP contribution >= 0.6 is 11.3 Å². The van der Waals surface area contributed by atoms with E-state index in [0.717, 1.165) is 16.3 Å². The Hall–Kier alpha value is -2.47. The molecule has 6 heteroatoms. The van der Waals surface area contributed by atoms with Crippen LogP contribution in [-0.2, 0) is 11.3 Å². The predicted octanol–water partition coefficient (Wildman–Crippen LogP) is 3.37. The summed E-state index contributed by atoms with van der Waals surface area (Å²) in [5.41, 5.74) is 6.35. The van der Waals surface area contributed by atoms with Gasteiger partial charge in [-0.25, -0.2) is 14.2 Å². The first-order valence-corrected chi connectivity index (χ1v) is 7.02. The van der Waals surface area contributed by atoms with Crippen LogP contribution in [0.2, 0.25) is 0 Å². The topological polar surface area (TPSA) is 65.2 Å². The van der Waals surface area contributed by atoms with E-state index in [-0.39, 0.29) is 17.9 Å². The molecule has 0 unspecified atom stereocenters. The van der Waals surface area contributed by atoms with E-state index < -0.39 is 11.8 Å². The lowest BCUT2D eigenvalue weighted by Crippen LogP contribution is -2.06. The Morgan fingerprint density at radius 3 is 2.86 bits per heavy atom. The highest BCUT2D eigenvalue weighted by atomic mass is 32.1. The minimum atomic E-state index is -0.635. The van der Waals surface area contributed by atoms with E-state index in [1.54, 1.807) is 0 Å². The number of hydrogen-bond acceptors (Lipinski definition) is 5. The molecule has 2 aromatic carbocycles. The maximum Gasteiger partial charge on any atom is 0.338 e. The third kappa shape index (κ3) is 2.85. The maximum atomic E-state index is 13.3. The molecule has 0 saturated carbocycles. The van der Waals surface area contributed by atoms with Gasteiger partial charge < -0.3 is 10.5 Å². The Kier molecular flexibility index (Phi) is 3.53. The number of anilines is 1. The van der Waals surface area contributed by atoms with Crippen molar-refractivity contribution in [3.63, 3.8) is 0 Å². The van der Waals surface area contributed by atoms with E-state index >= 15 is 0 Å².